The molecule has 6 rings (SSSR count). The van der Waals surface area contributed by atoms with Gasteiger partial charge < -0.3 is 9.64 Å². The summed E-state index contributed by atoms with van der Waals surface area (Å²) in [6.45, 7) is 1.72. The fourth-order valence-electron chi connectivity index (χ4n) is 5.92. The first-order valence-corrected chi connectivity index (χ1v) is 14.1. The number of benzene rings is 1. The molecular formula is C27H29F2N5O3S. The number of hydrogen-bond donors (Lipinski definition) is 0. The van der Waals surface area contributed by atoms with Crippen LogP contribution in [-0.2, 0) is 21.2 Å². The average molecular weight is 542 g/mol. The van der Waals surface area contributed by atoms with Gasteiger partial charge in [-0.25, -0.2) is 21.9 Å². The van der Waals surface area contributed by atoms with Gasteiger partial charge in [-0.3, -0.25) is 4.98 Å². The molecule has 0 amide bonds. The Bertz CT molecular complexity index is 1490. The third-order valence-corrected chi connectivity index (χ3v) is 9.65. The molecule has 200 valence electrons. The molecule has 8 nitrogen and oxygen atoms in total. The summed E-state index contributed by atoms with van der Waals surface area (Å²) in [6.07, 6.45) is 7.44. The van der Waals surface area contributed by atoms with Crippen molar-refractivity contribution in [3.8, 4) is 5.69 Å². The predicted molar refractivity (Wildman–Crippen MR) is 139 cm³/mol. The minimum absolute atomic E-state index is 0.109. The molecule has 2 aromatic heterocycles. The molecule has 2 atom stereocenters. The lowest BCUT2D eigenvalue weighted by atomic mass is 9.69. The van der Waals surface area contributed by atoms with Gasteiger partial charge in [-0.05, 0) is 61.2 Å². The van der Waals surface area contributed by atoms with E-state index in [0.29, 0.717) is 44.6 Å². The van der Waals surface area contributed by atoms with Crippen LogP contribution in [0.4, 0.5) is 14.5 Å². The lowest BCUT2D eigenvalue weighted by molar-refractivity contribution is 0.0733. The van der Waals surface area contributed by atoms with Crippen molar-refractivity contribution in [3.63, 3.8) is 0 Å². The SMILES string of the molecule is COC[C@]12Cc3cnn(-c4ccc(F)cc4)c3C=C1CCN(S(=O)(=O)c1cncc(N3CC[C@H](F)C3)c1)C2. The summed E-state index contributed by atoms with van der Waals surface area (Å²) in [5.74, 6) is -0.311. The number of halogens is 2. The zero-order valence-electron chi connectivity index (χ0n) is 21.1. The molecule has 0 saturated carbocycles. The average Bonchev–Trinajstić information content (AvgIpc) is 3.53. The molecule has 2 fully saturated rings. The van der Waals surface area contributed by atoms with Gasteiger partial charge in [0.15, 0.2) is 0 Å². The highest BCUT2D eigenvalue weighted by Crippen LogP contribution is 2.45. The van der Waals surface area contributed by atoms with Gasteiger partial charge in [-0.15, -0.1) is 0 Å². The van der Waals surface area contributed by atoms with E-state index in [9.17, 15) is 17.2 Å². The number of rotatable bonds is 6. The van der Waals surface area contributed by atoms with Crippen molar-refractivity contribution in [2.75, 3.05) is 44.8 Å². The van der Waals surface area contributed by atoms with Crippen molar-refractivity contribution in [1.82, 2.24) is 19.1 Å². The number of pyridine rings is 1. The van der Waals surface area contributed by atoms with E-state index in [-0.39, 0.29) is 23.8 Å². The summed E-state index contributed by atoms with van der Waals surface area (Å²) in [7, 11) is -2.22. The second kappa shape index (κ2) is 9.55. The zero-order valence-corrected chi connectivity index (χ0v) is 21.9. The minimum Gasteiger partial charge on any atom is -0.384 e. The van der Waals surface area contributed by atoms with E-state index in [4.69, 9.17) is 4.74 Å². The Balaban J connectivity index is 1.30. The molecule has 0 N–H and O–H groups in total. The van der Waals surface area contributed by atoms with Crippen LogP contribution in [0.1, 0.15) is 24.1 Å². The molecule has 11 heteroatoms. The lowest BCUT2D eigenvalue weighted by Gasteiger charge is -2.45. The van der Waals surface area contributed by atoms with E-state index in [1.165, 1.54) is 22.6 Å². The highest BCUT2D eigenvalue weighted by atomic mass is 32.2. The standard InChI is InChI=1S/C27H29F2N5O3S/c1-37-18-27-12-19-13-31-34(23-4-2-21(28)3-5-23)26(19)10-20(27)6-9-33(17-27)38(35,36)25-11-24(14-30-15-25)32-8-7-22(29)16-32/h2-5,10-11,13-15,22H,6-9,12,16-18H2,1H3/t22-,27+/m0/s1. The highest BCUT2D eigenvalue weighted by molar-refractivity contribution is 7.89. The fourth-order valence-corrected chi connectivity index (χ4v) is 7.43. The van der Waals surface area contributed by atoms with E-state index >= 15 is 0 Å². The number of fused-ring (bicyclic) bond motifs is 2. The normalized spacial score (nSPS) is 23.7. The summed E-state index contributed by atoms with van der Waals surface area (Å²) in [5.41, 5.74) is 3.85. The highest BCUT2D eigenvalue weighted by Gasteiger charge is 2.46. The monoisotopic (exact) mass is 541 g/mol. The molecule has 0 radical (unpaired) electrons. The van der Waals surface area contributed by atoms with Crippen molar-refractivity contribution >= 4 is 21.8 Å². The van der Waals surface area contributed by atoms with Crippen molar-refractivity contribution in [2.45, 2.75) is 30.3 Å². The molecule has 0 unspecified atom stereocenters. The number of alkyl halides is 1. The molecule has 0 spiro atoms. The van der Waals surface area contributed by atoms with E-state index in [1.54, 1.807) is 42.4 Å². The van der Waals surface area contributed by atoms with Crippen LogP contribution in [0.2, 0.25) is 0 Å². The molecule has 0 bridgehead atoms. The van der Waals surface area contributed by atoms with Gasteiger partial charge in [-0.1, -0.05) is 5.57 Å². The van der Waals surface area contributed by atoms with Gasteiger partial charge in [0.25, 0.3) is 0 Å². The number of methoxy groups -OCH3 is 1. The molecule has 1 aliphatic carbocycles. The van der Waals surface area contributed by atoms with Gasteiger partial charge in [0.2, 0.25) is 10.0 Å². The van der Waals surface area contributed by atoms with E-state index in [0.717, 1.165) is 22.5 Å². The second-order valence-corrected chi connectivity index (χ2v) is 12.2. The molecular weight excluding hydrogens is 512 g/mol. The lowest BCUT2D eigenvalue weighted by Crippen LogP contribution is -2.51. The third-order valence-electron chi connectivity index (χ3n) is 7.84. The van der Waals surface area contributed by atoms with Crippen molar-refractivity contribution in [2.24, 2.45) is 5.41 Å². The van der Waals surface area contributed by atoms with E-state index in [2.05, 4.69) is 16.2 Å². The Hall–Kier alpha value is -3.15. The van der Waals surface area contributed by atoms with Crippen LogP contribution >= 0.6 is 0 Å². The van der Waals surface area contributed by atoms with E-state index < -0.39 is 21.6 Å². The quantitative estimate of drug-likeness (QED) is 0.474. The topological polar surface area (TPSA) is 80.6 Å². The molecule has 2 saturated heterocycles. The van der Waals surface area contributed by atoms with Gasteiger partial charge in [0, 0.05) is 44.9 Å². The Kier molecular flexibility index (Phi) is 6.32. The number of sulfonamides is 1. The summed E-state index contributed by atoms with van der Waals surface area (Å²) in [6, 6.07) is 7.78. The Morgan fingerprint density at radius 3 is 2.68 bits per heavy atom. The first kappa shape index (κ1) is 25.1. The van der Waals surface area contributed by atoms with Crippen LogP contribution in [0.5, 0.6) is 0 Å². The smallest absolute Gasteiger partial charge is 0.244 e. The zero-order chi connectivity index (χ0) is 26.5. The first-order valence-electron chi connectivity index (χ1n) is 12.7. The number of nitrogens with zero attached hydrogens (tertiary/aromatic N) is 5. The largest absolute Gasteiger partial charge is 0.384 e. The van der Waals surface area contributed by atoms with Crippen molar-refractivity contribution in [1.29, 1.82) is 0 Å². The maximum Gasteiger partial charge on any atom is 0.244 e. The molecule has 3 aromatic rings. The van der Waals surface area contributed by atoms with Crippen molar-refractivity contribution < 1.29 is 21.9 Å². The van der Waals surface area contributed by atoms with Gasteiger partial charge in [-0.2, -0.15) is 9.40 Å². The molecule has 2 aliphatic heterocycles. The Labute approximate surface area is 220 Å². The fraction of sp³-hybridized carbons (Fsp3) is 0.407. The molecule has 38 heavy (non-hydrogen) atoms. The van der Waals surface area contributed by atoms with E-state index in [1.807, 2.05) is 4.90 Å². The van der Waals surface area contributed by atoms with Gasteiger partial charge in [0.05, 0.1) is 36.1 Å². The maximum atomic E-state index is 13.8. The van der Waals surface area contributed by atoms with Crippen LogP contribution in [0.25, 0.3) is 11.8 Å². The predicted octanol–water partition coefficient (Wildman–Crippen LogP) is 3.62. The van der Waals surface area contributed by atoms with Crippen LogP contribution in [-0.4, -0.2) is 73.6 Å². The summed E-state index contributed by atoms with van der Waals surface area (Å²) in [5, 5.41) is 4.55. The number of anilines is 1. The maximum absolute atomic E-state index is 13.8. The number of ether oxygens (including phenoxy) is 1. The Morgan fingerprint density at radius 1 is 1.13 bits per heavy atom. The second-order valence-electron chi connectivity index (χ2n) is 10.3. The number of piperidine rings is 1. The summed E-state index contributed by atoms with van der Waals surface area (Å²) < 4.78 is 63.7. The van der Waals surface area contributed by atoms with Gasteiger partial charge >= 0.3 is 0 Å². The third kappa shape index (κ3) is 4.32. The summed E-state index contributed by atoms with van der Waals surface area (Å²) in [4.78, 5) is 6.12. The van der Waals surface area contributed by atoms with Crippen LogP contribution in [0.3, 0.4) is 0 Å². The minimum atomic E-state index is -3.84. The van der Waals surface area contributed by atoms with Crippen LogP contribution in [0.15, 0.2) is 59.4 Å². The molecule has 4 heterocycles. The number of aromatic nitrogens is 3. The van der Waals surface area contributed by atoms with Gasteiger partial charge in [0.1, 0.15) is 16.9 Å². The molecule has 1 aromatic carbocycles. The Morgan fingerprint density at radius 2 is 1.95 bits per heavy atom. The van der Waals surface area contributed by atoms with Crippen molar-refractivity contribution in [3.05, 3.63) is 71.6 Å². The first-order chi connectivity index (χ1) is 18.3. The van der Waals surface area contributed by atoms with Crippen LogP contribution < -0.4 is 4.90 Å². The summed E-state index contributed by atoms with van der Waals surface area (Å²) >= 11 is 0. The molecule has 3 aliphatic rings. The number of hydrogen-bond acceptors (Lipinski definition) is 6. The van der Waals surface area contributed by atoms with Crippen LogP contribution in [0, 0.1) is 11.2 Å².